The molecule has 9 nitrogen and oxygen atoms in total. The number of H-pyrrole nitrogens is 1. The molecule has 0 spiro atoms. The highest BCUT2D eigenvalue weighted by Crippen LogP contribution is 2.37. The minimum atomic E-state index is -0.850. The summed E-state index contributed by atoms with van der Waals surface area (Å²) < 4.78 is 25.4. The summed E-state index contributed by atoms with van der Waals surface area (Å²) >= 11 is 12.4. The van der Waals surface area contributed by atoms with E-state index in [1.165, 1.54) is 24.4 Å². The first kappa shape index (κ1) is 27.0. The Morgan fingerprint density at radius 2 is 1.89 bits per heavy atom. The maximum atomic E-state index is 14.1. The lowest BCUT2D eigenvalue weighted by Crippen LogP contribution is -2.28. The quantitative estimate of drug-likeness (QED) is 0.309. The predicted molar refractivity (Wildman–Crippen MR) is 137 cm³/mol. The number of nitrogens with zero attached hydrogens (tertiary/aromatic N) is 2. The fourth-order valence-electron chi connectivity index (χ4n) is 2.99. The average Bonchev–Trinajstić information content (AvgIpc) is 2.78. The van der Waals surface area contributed by atoms with Gasteiger partial charge in [-0.1, -0.05) is 29.8 Å². The van der Waals surface area contributed by atoms with Crippen LogP contribution < -0.4 is 20.9 Å². The molecule has 1 atom stereocenters. The molecule has 2 aromatic heterocycles. The number of rotatable bonds is 7. The van der Waals surface area contributed by atoms with Crippen LogP contribution in [0.4, 0.5) is 20.7 Å². The Labute approximate surface area is 216 Å². The molecule has 3 aromatic rings. The lowest BCUT2D eigenvalue weighted by molar-refractivity contribution is 0.0634. The van der Waals surface area contributed by atoms with E-state index in [0.29, 0.717) is 11.4 Å². The van der Waals surface area contributed by atoms with Crippen molar-refractivity contribution in [3.8, 4) is 5.75 Å². The molecule has 12 heteroatoms. The molecule has 0 saturated heterocycles. The summed E-state index contributed by atoms with van der Waals surface area (Å²) in [7, 11) is 0. The van der Waals surface area contributed by atoms with Crippen molar-refractivity contribution >= 4 is 46.5 Å². The highest BCUT2D eigenvalue weighted by Gasteiger charge is 2.23. The highest BCUT2D eigenvalue weighted by atomic mass is 35.5. The Morgan fingerprint density at radius 3 is 2.53 bits per heavy atom. The van der Waals surface area contributed by atoms with Gasteiger partial charge in [0.05, 0.1) is 16.4 Å². The minimum absolute atomic E-state index is 0.0552. The Kier molecular flexibility index (Phi) is 8.21. The number of carbonyl (C=O) groups excluding carboxylic acids is 1. The number of pyridine rings is 1. The number of hydrogen-bond donors (Lipinski definition) is 3. The van der Waals surface area contributed by atoms with E-state index in [4.69, 9.17) is 32.7 Å². The lowest BCUT2D eigenvalue weighted by Gasteiger charge is -2.22. The first-order valence-corrected chi connectivity index (χ1v) is 11.4. The number of hydrogen-bond acceptors (Lipinski definition) is 7. The number of nitrogens with one attached hydrogen (secondary N) is 3. The van der Waals surface area contributed by atoms with Gasteiger partial charge in [0.2, 0.25) is 11.4 Å². The summed E-state index contributed by atoms with van der Waals surface area (Å²) in [6.45, 7) is 10.7. The van der Waals surface area contributed by atoms with Crippen LogP contribution in [0.25, 0.3) is 5.70 Å². The van der Waals surface area contributed by atoms with Gasteiger partial charge in [0, 0.05) is 28.9 Å². The highest BCUT2D eigenvalue weighted by molar-refractivity contribution is 6.36. The monoisotopic (exact) mass is 535 g/mol. The van der Waals surface area contributed by atoms with Gasteiger partial charge < -0.3 is 19.8 Å². The maximum Gasteiger partial charge on any atom is 0.413 e. The second-order valence-corrected chi connectivity index (χ2v) is 9.42. The Morgan fingerprint density at radius 1 is 1.17 bits per heavy atom. The van der Waals surface area contributed by atoms with E-state index in [9.17, 15) is 14.0 Å². The minimum Gasteiger partial charge on any atom is -0.482 e. The number of aromatic nitrogens is 3. The van der Waals surface area contributed by atoms with Gasteiger partial charge in [0.15, 0.2) is 5.75 Å². The molecule has 0 aliphatic heterocycles. The normalized spacial score (nSPS) is 12.0. The second-order valence-electron chi connectivity index (χ2n) is 8.63. The summed E-state index contributed by atoms with van der Waals surface area (Å²) in [5.74, 6) is -0.648. The fourth-order valence-corrected chi connectivity index (χ4v) is 3.67. The van der Waals surface area contributed by atoms with Gasteiger partial charge in [-0.3, -0.25) is 10.1 Å². The van der Waals surface area contributed by atoms with Crippen molar-refractivity contribution in [1.29, 1.82) is 0 Å². The standard InChI is InChI=1S/C24H24Cl2FN5O4/c1-12(29-14-6-9-19(33)28-11-14)17-10-18(22(32-31-17)30-23(34)36-24(3,4)5)35-13(2)20-15(25)7-8-16(27)21(20)26/h6-11,13,29H,1H2,2-5H3,(H,28,33)(H,30,32,34). The molecule has 2 heterocycles. The van der Waals surface area contributed by atoms with Crippen molar-refractivity contribution in [3.63, 3.8) is 0 Å². The summed E-state index contributed by atoms with van der Waals surface area (Å²) in [4.78, 5) is 26.2. The summed E-state index contributed by atoms with van der Waals surface area (Å²) in [6.07, 6.45) is -0.168. The number of benzene rings is 1. The van der Waals surface area contributed by atoms with Crippen LogP contribution in [0.2, 0.25) is 10.0 Å². The summed E-state index contributed by atoms with van der Waals surface area (Å²) in [5.41, 5.74) is 0.315. The third kappa shape index (κ3) is 6.96. The van der Waals surface area contributed by atoms with Crippen LogP contribution >= 0.6 is 23.2 Å². The molecular weight excluding hydrogens is 512 g/mol. The molecule has 1 amide bonds. The van der Waals surface area contributed by atoms with Crippen LogP contribution in [-0.2, 0) is 4.74 Å². The largest absolute Gasteiger partial charge is 0.482 e. The van der Waals surface area contributed by atoms with E-state index in [1.807, 2.05) is 0 Å². The molecular formula is C24H24Cl2FN5O4. The van der Waals surface area contributed by atoms with Crippen molar-refractivity contribution < 1.29 is 18.7 Å². The van der Waals surface area contributed by atoms with Crippen molar-refractivity contribution in [2.45, 2.75) is 39.4 Å². The molecule has 190 valence electrons. The van der Waals surface area contributed by atoms with Crippen molar-refractivity contribution in [2.75, 3.05) is 10.6 Å². The first-order valence-electron chi connectivity index (χ1n) is 10.7. The van der Waals surface area contributed by atoms with Crippen LogP contribution in [0.3, 0.4) is 0 Å². The molecule has 1 aromatic carbocycles. The molecule has 1 unspecified atom stereocenters. The molecule has 0 aliphatic carbocycles. The molecule has 0 bridgehead atoms. The summed E-state index contributed by atoms with van der Waals surface area (Å²) in [6, 6.07) is 6.89. The number of halogens is 3. The van der Waals surface area contributed by atoms with E-state index >= 15 is 0 Å². The van der Waals surface area contributed by atoms with Crippen molar-refractivity contribution in [2.24, 2.45) is 0 Å². The maximum absolute atomic E-state index is 14.1. The zero-order valence-electron chi connectivity index (χ0n) is 19.9. The van der Waals surface area contributed by atoms with E-state index in [1.54, 1.807) is 33.8 Å². The van der Waals surface area contributed by atoms with Gasteiger partial charge in [0.25, 0.3) is 0 Å². The second kappa shape index (κ2) is 11.0. The first-order chi connectivity index (χ1) is 16.8. The third-order valence-electron chi connectivity index (χ3n) is 4.56. The van der Waals surface area contributed by atoms with E-state index < -0.39 is 23.6 Å². The molecule has 0 saturated carbocycles. The molecule has 0 aliphatic rings. The lowest BCUT2D eigenvalue weighted by atomic mass is 10.1. The number of ether oxygens (including phenoxy) is 2. The van der Waals surface area contributed by atoms with Crippen LogP contribution in [0, 0.1) is 5.82 Å². The zero-order valence-corrected chi connectivity index (χ0v) is 21.4. The van der Waals surface area contributed by atoms with Crippen LogP contribution in [0.5, 0.6) is 5.75 Å². The van der Waals surface area contributed by atoms with Crippen LogP contribution in [0.15, 0.2) is 47.9 Å². The SMILES string of the molecule is C=C(Nc1ccc(=O)[nH]c1)c1cc(OC(C)c2c(Cl)ccc(F)c2Cl)c(NC(=O)OC(C)(C)C)nn1. The van der Waals surface area contributed by atoms with E-state index in [-0.39, 0.29) is 38.4 Å². The molecule has 3 N–H and O–H groups in total. The van der Waals surface area contributed by atoms with Crippen LogP contribution in [-0.4, -0.2) is 26.9 Å². The van der Waals surface area contributed by atoms with Gasteiger partial charge in [-0.15, -0.1) is 10.2 Å². The molecule has 3 rings (SSSR count). The average molecular weight is 536 g/mol. The van der Waals surface area contributed by atoms with E-state index in [2.05, 4.69) is 32.4 Å². The fraction of sp³-hybridized carbons (Fsp3) is 0.250. The van der Waals surface area contributed by atoms with Gasteiger partial charge in [0.1, 0.15) is 23.2 Å². The van der Waals surface area contributed by atoms with Gasteiger partial charge >= 0.3 is 6.09 Å². The molecule has 36 heavy (non-hydrogen) atoms. The third-order valence-corrected chi connectivity index (χ3v) is 5.27. The van der Waals surface area contributed by atoms with Gasteiger partial charge in [-0.05, 0) is 45.9 Å². The molecule has 0 fully saturated rings. The smallest absolute Gasteiger partial charge is 0.413 e. The number of anilines is 2. The Balaban J connectivity index is 1.95. The summed E-state index contributed by atoms with van der Waals surface area (Å²) in [5, 5.41) is 13.6. The van der Waals surface area contributed by atoms with Gasteiger partial charge in [-0.25, -0.2) is 9.18 Å². The molecule has 0 radical (unpaired) electrons. The number of carbonyl (C=O) groups is 1. The van der Waals surface area contributed by atoms with Crippen LogP contribution in [0.1, 0.15) is 45.1 Å². The van der Waals surface area contributed by atoms with Crippen molar-refractivity contribution in [1.82, 2.24) is 15.2 Å². The zero-order chi connectivity index (χ0) is 26.6. The van der Waals surface area contributed by atoms with Crippen molar-refractivity contribution in [3.05, 3.63) is 80.6 Å². The Hall–Kier alpha value is -3.63. The predicted octanol–water partition coefficient (Wildman–Crippen LogP) is 6.18. The van der Waals surface area contributed by atoms with Gasteiger partial charge in [-0.2, -0.15) is 0 Å². The number of aromatic amines is 1. The topological polar surface area (TPSA) is 118 Å². The number of amides is 1. The Bertz CT molecular complexity index is 1340. The van der Waals surface area contributed by atoms with E-state index in [0.717, 1.165) is 6.07 Å².